The predicted octanol–water partition coefficient (Wildman–Crippen LogP) is 3.49. The predicted molar refractivity (Wildman–Crippen MR) is 110 cm³/mol. The lowest BCUT2D eigenvalue weighted by Gasteiger charge is -2.42. The minimum atomic E-state index is -0.480. The van der Waals surface area contributed by atoms with Gasteiger partial charge in [0.05, 0.1) is 11.8 Å². The van der Waals surface area contributed by atoms with Crippen LogP contribution in [0.2, 0.25) is 0 Å². The first-order valence-electron chi connectivity index (χ1n) is 10.5. The fourth-order valence-electron chi connectivity index (χ4n) is 5.45. The van der Waals surface area contributed by atoms with Crippen molar-refractivity contribution < 1.29 is 14.0 Å². The maximum Gasteiger partial charge on any atom is 0.289 e. The number of rotatable bonds is 2. The number of likely N-dealkylation sites (tertiary alicyclic amines) is 1. The topological polar surface area (TPSA) is 74.6 Å². The third kappa shape index (κ3) is 2.69. The second-order valence-electron chi connectivity index (χ2n) is 8.78. The van der Waals surface area contributed by atoms with Gasteiger partial charge in [-0.2, -0.15) is 0 Å². The fraction of sp³-hybridized carbons (Fsp3) is 0.478. The standard InChI is InChI=1S/C23H27N3O3/c1-4-15-12-29-20(14(15)3)22(28)26-10-16-7-8-23(18(16)11-26)24-19-6-5-13(2)9-17(19)21(27)25-23/h5-6,9,12,16,18,24H,4,7-8,10-11H2,1-3H3,(H,25,27)/t16-,18+,23+/m0/s1. The van der Waals surface area contributed by atoms with Crippen molar-refractivity contribution in [3.8, 4) is 0 Å². The quantitative estimate of drug-likeness (QED) is 0.819. The van der Waals surface area contributed by atoms with E-state index in [1.807, 2.05) is 36.9 Å². The third-order valence-corrected chi connectivity index (χ3v) is 7.10. The van der Waals surface area contributed by atoms with Crippen molar-refractivity contribution in [3.05, 3.63) is 52.5 Å². The Morgan fingerprint density at radius 2 is 2.10 bits per heavy atom. The molecule has 0 radical (unpaired) electrons. The van der Waals surface area contributed by atoms with Crippen molar-refractivity contribution in [2.75, 3.05) is 18.4 Å². The number of aryl methyl sites for hydroxylation is 2. The SMILES string of the molecule is CCc1coc(C(=O)N2C[C@@H]3CC[C@@]4(NC(=O)c5cc(C)ccc5N4)[C@@H]3C2)c1C. The Hall–Kier alpha value is -2.76. The minimum absolute atomic E-state index is 0.0256. The van der Waals surface area contributed by atoms with Gasteiger partial charge in [0.15, 0.2) is 5.76 Å². The van der Waals surface area contributed by atoms with Crippen LogP contribution in [-0.2, 0) is 6.42 Å². The maximum absolute atomic E-state index is 13.1. The van der Waals surface area contributed by atoms with Crippen molar-refractivity contribution in [2.45, 2.75) is 45.7 Å². The van der Waals surface area contributed by atoms with Crippen molar-refractivity contribution in [2.24, 2.45) is 11.8 Å². The third-order valence-electron chi connectivity index (χ3n) is 7.10. The molecule has 1 aromatic heterocycles. The van der Waals surface area contributed by atoms with E-state index >= 15 is 0 Å². The molecule has 0 bridgehead atoms. The number of nitrogens with zero attached hydrogens (tertiary/aromatic N) is 1. The van der Waals surface area contributed by atoms with E-state index in [1.165, 1.54) is 0 Å². The zero-order chi connectivity index (χ0) is 20.3. The summed E-state index contributed by atoms with van der Waals surface area (Å²) in [6.07, 6.45) is 4.41. The lowest BCUT2D eigenvalue weighted by Crippen LogP contribution is -2.61. The molecule has 0 unspecified atom stereocenters. The molecule has 3 atom stereocenters. The normalized spacial score (nSPS) is 27.6. The average Bonchev–Trinajstić information content (AvgIpc) is 3.37. The van der Waals surface area contributed by atoms with Gasteiger partial charge in [-0.25, -0.2) is 0 Å². The number of nitrogens with one attached hydrogen (secondary N) is 2. The van der Waals surface area contributed by atoms with Crippen LogP contribution in [0.4, 0.5) is 5.69 Å². The Bertz CT molecular complexity index is 1010. The molecule has 2 N–H and O–H groups in total. The van der Waals surface area contributed by atoms with Crippen LogP contribution >= 0.6 is 0 Å². The molecule has 2 fully saturated rings. The molecule has 6 nitrogen and oxygen atoms in total. The Kier molecular flexibility index (Phi) is 4.02. The number of carbonyl (C=O) groups is 2. The Balaban J connectivity index is 1.40. The highest BCUT2D eigenvalue weighted by molar-refractivity contribution is 6.02. The largest absolute Gasteiger partial charge is 0.459 e. The van der Waals surface area contributed by atoms with Crippen LogP contribution in [0.5, 0.6) is 0 Å². The van der Waals surface area contributed by atoms with Gasteiger partial charge in [0.25, 0.3) is 11.8 Å². The zero-order valence-electron chi connectivity index (χ0n) is 17.2. The molecule has 5 rings (SSSR count). The number of carbonyl (C=O) groups excluding carboxylic acids is 2. The van der Waals surface area contributed by atoms with Gasteiger partial charge in [-0.1, -0.05) is 18.6 Å². The summed E-state index contributed by atoms with van der Waals surface area (Å²) in [5.41, 5.74) is 4.20. The Labute approximate surface area is 170 Å². The number of fused-ring (bicyclic) bond motifs is 3. The van der Waals surface area contributed by atoms with Gasteiger partial charge in [0.2, 0.25) is 0 Å². The number of hydrogen-bond acceptors (Lipinski definition) is 4. The lowest BCUT2D eigenvalue weighted by atomic mass is 9.89. The van der Waals surface area contributed by atoms with Crippen molar-refractivity contribution in [3.63, 3.8) is 0 Å². The van der Waals surface area contributed by atoms with Crippen LogP contribution in [0.25, 0.3) is 0 Å². The molecule has 1 spiro atoms. The van der Waals surface area contributed by atoms with Gasteiger partial charge < -0.3 is 20.0 Å². The van der Waals surface area contributed by atoms with E-state index in [9.17, 15) is 9.59 Å². The van der Waals surface area contributed by atoms with E-state index < -0.39 is 5.66 Å². The van der Waals surface area contributed by atoms with Gasteiger partial charge in [0.1, 0.15) is 5.66 Å². The van der Waals surface area contributed by atoms with Gasteiger partial charge in [0, 0.05) is 30.3 Å². The molecule has 152 valence electrons. The number of hydrogen-bond donors (Lipinski definition) is 2. The molecule has 1 saturated carbocycles. The second kappa shape index (κ2) is 6.37. The smallest absolute Gasteiger partial charge is 0.289 e. The van der Waals surface area contributed by atoms with Gasteiger partial charge in [-0.05, 0) is 56.7 Å². The molecule has 1 aromatic carbocycles. The molecule has 2 aromatic rings. The van der Waals surface area contributed by atoms with Crippen molar-refractivity contribution in [1.82, 2.24) is 10.2 Å². The van der Waals surface area contributed by atoms with Crippen LogP contribution in [-0.4, -0.2) is 35.5 Å². The molecule has 1 aliphatic carbocycles. The van der Waals surface area contributed by atoms with E-state index in [0.717, 1.165) is 41.6 Å². The average molecular weight is 393 g/mol. The van der Waals surface area contributed by atoms with Crippen LogP contribution in [0, 0.1) is 25.7 Å². The molecule has 29 heavy (non-hydrogen) atoms. The van der Waals surface area contributed by atoms with E-state index in [4.69, 9.17) is 4.42 Å². The lowest BCUT2D eigenvalue weighted by molar-refractivity contribution is 0.0736. The number of benzene rings is 1. The first-order chi connectivity index (χ1) is 13.9. The van der Waals surface area contributed by atoms with Gasteiger partial charge in [-0.3, -0.25) is 9.59 Å². The van der Waals surface area contributed by atoms with E-state index in [1.54, 1.807) is 6.26 Å². The first-order valence-corrected chi connectivity index (χ1v) is 10.5. The van der Waals surface area contributed by atoms with E-state index in [-0.39, 0.29) is 17.7 Å². The molecular formula is C23H27N3O3. The molecule has 2 amide bonds. The summed E-state index contributed by atoms with van der Waals surface area (Å²) in [7, 11) is 0. The van der Waals surface area contributed by atoms with Crippen LogP contribution in [0.15, 0.2) is 28.9 Å². The number of anilines is 1. The van der Waals surface area contributed by atoms with Gasteiger partial charge in [-0.15, -0.1) is 0 Å². The maximum atomic E-state index is 13.1. The summed E-state index contributed by atoms with van der Waals surface area (Å²) in [5.74, 6) is 0.954. The van der Waals surface area contributed by atoms with Gasteiger partial charge >= 0.3 is 0 Å². The Morgan fingerprint density at radius 3 is 2.86 bits per heavy atom. The van der Waals surface area contributed by atoms with Crippen molar-refractivity contribution >= 4 is 17.5 Å². The summed E-state index contributed by atoms with van der Waals surface area (Å²) >= 11 is 0. The highest BCUT2D eigenvalue weighted by atomic mass is 16.3. The molecule has 1 saturated heterocycles. The number of furan rings is 1. The van der Waals surface area contributed by atoms with Crippen LogP contribution < -0.4 is 10.6 Å². The monoisotopic (exact) mass is 393 g/mol. The second-order valence-corrected chi connectivity index (χ2v) is 8.78. The molecule has 2 aliphatic heterocycles. The summed E-state index contributed by atoms with van der Waals surface area (Å²) in [6.45, 7) is 7.35. The zero-order valence-corrected chi connectivity index (χ0v) is 17.2. The van der Waals surface area contributed by atoms with Crippen LogP contribution in [0.3, 0.4) is 0 Å². The summed E-state index contributed by atoms with van der Waals surface area (Å²) in [6, 6.07) is 5.95. The van der Waals surface area contributed by atoms with E-state index in [0.29, 0.717) is 30.3 Å². The summed E-state index contributed by atoms with van der Waals surface area (Å²) in [4.78, 5) is 27.9. The molecule has 3 heterocycles. The number of amides is 2. The summed E-state index contributed by atoms with van der Waals surface area (Å²) < 4.78 is 5.62. The highest BCUT2D eigenvalue weighted by Crippen LogP contribution is 2.47. The Morgan fingerprint density at radius 1 is 1.28 bits per heavy atom. The molecule has 3 aliphatic rings. The first kappa shape index (κ1) is 18.3. The minimum Gasteiger partial charge on any atom is -0.459 e. The molecular weight excluding hydrogens is 366 g/mol. The van der Waals surface area contributed by atoms with Crippen molar-refractivity contribution in [1.29, 1.82) is 0 Å². The van der Waals surface area contributed by atoms with E-state index in [2.05, 4.69) is 17.6 Å². The van der Waals surface area contributed by atoms with Crippen LogP contribution in [0.1, 0.15) is 57.4 Å². The summed E-state index contributed by atoms with van der Waals surface area (Å²) in [5, 5.41) is 6.89. The molecule has 6 heteroatoms. The fourth-order valence-corrected chi connectivity index (χ4v) is 5.45. The highest BCUT2D eigenvalue weighted by Gasteiger charge is 2.56.